The van der Waals surface area contributed by atoms with E-state index in [0.29, 0.717) is 5.92 Å². The van der Waals surface area contributed by atoms with Crippen LogP contribution in [-0.4, -0.2) is 6.54 Å². The molecule has 0 spiro atoms. The molecule has 1 aromatic rings. The first-order chi connectivity index (χ1) is 5.77. The maximum absolute atomic E-state index is 5.60. The zero-order valence-electron chi connectivity index (χ0n) is 7.88. The summed E-state index contributed by atoms with van der Waals surface area (Å²) in [7, 11) is 0. The van der Waals surface area contributed by atoms with Crippen molar-refractivity contribution in [2.24, 2.45) is 5.73 Å². The zero-order valence-corrected chi connectivity index (χ0v) is 7.88. The van der Waals surface area contributed by atoms with Crippen LogP contribution in [-0.2, 0) is 6.42 Å². The molecule has 0 heterocycles. The highest BCUT2D eigenvalue weighted by Gasteiger charge is 2.02. The molecule has 1 heteroatoms. The Morgan fingerprint density at radius 3 is 2.75 bits per heavy atom. The van der Waals surface area contributed by atoms with Gasteiger partial charge in [-0.1, -0.05) is 38.1 Å². The van der Waals surface area contributed by atoms with Gasteiger partial charge in [0.05, 0.1) is 0 Å². The van der Waals surface area contributed by atoms with Crippen LogP contribution in [0.4, 0.5) is 0 Å². The monoisotopic (exact) mass is 163 g/mol. The van der Waals surface area contributed by atoms with Crippen LogP contribution in [0.25, 0.3) is 0 Å². The first-order valence-electron chi connectivity index (χ1n) is 4.56. The minimum atomic E-state index is 0.483. The maximum Gasteiger partial charge on any atom is -0.00109 e. The smallest absolute Gasteiger partial charge is 0.00109 e. The van der Waals surface area contributed by atoms with Crippen molar-refractivity contribution in [1.82, 2.24) is 0 Å². The summed E-state index contributed by atoms with van der Waals surface area (Å²) in [4.78, 5) is 0. The summed E-state index contributed by atoms with van der Waals surface area (Å²) in [5, 5.41) is 0. The molecule has 1 atom stereocenters. The summed E-state index contributed by atoms with van der Waals surface area (Å²) in [6, 6.07) is 8.67. The van der Waals surface area contributed by atoms with Crippen LogP contribution in [0.15, 0.2) is 24.3 Å². The molecule has 0 aliphatic carbocycles. The van der Waals surface area contributed by atoms with E-state index in [1.165, 1.54) is 11.1 Å². The van der Waals surface area contributed by atoms with Crippen molar-refractivity contribution in [3.05, 3.63) is 35.4 Å². The van der Waals surface area contributed by atoms with Gasteiger partial charge in [0.2, 0.25) is 0 Å². The van der Waals surface area contributed by atoms with E-state index in [-0.39, 0.29) is 0 Å². The van der Waals surface area contributed by atoms with Crippen LogP contribution in [0.2, 0.25) is 0 Å². The molecule has 1 nitrogen and oxygen atoms in total. The van der Waals surface area contributed by atoms with Crippen molar-refractivity contribution in [2.75, 3.05) is 6.54 Å². The topological polar surface area (TPSA) is 26.0 Å². The number of nitrogens with two attached hydrogens (primary N) is 1. The molecule has 0 aromatic heterocycles. The van der Waals surface area contributed by atoms with Crippen LogP contribution in [0, 0.1) is 0 Å². The third kappa shape index (κ3) is 2.08. The standard InChI is InChI=1S/C11H17N/c1-3-10-5-4-6-11(7-10)9(2)8-12/h4-7,9H,3,8,12H2,1-2H3. The largest absolute Gasteiger partial charge is 0.330 e. The van der Waals surface area contributed by atoms with Gasteiger partial charge in [-0.05, 0) is 30.0 Å². The molecule has 0 aliphatic rings. The summed E-state index contributed by atoms with van der Waals surface area (Å²) >= 11 is 0. The molecule has 66 valence electrons. The molecule has 2 N–H and O–H groups in total. The Bertz CT molecular complexity index is 243. The Morgan fingerprint density at radius 2 is 2.17 bits per heavy atom. The minimum absolute atomic E-state index is 0.483. The van der Waals surface area contributed by atoms with Gasteiger partial charge in [0.1, 0.15) is 0 Å². The molecular formula is C11H17N. The summed E-state index contributed by atoms with van der Waals surface area (Å²) in [5.74, 6) is 0.483. The highest BCUT2D eigenvalue weighted by Crippen LogP contribution is 2.15. The van der Waals surface area contributed by atoms with E-state index < -0.39 is 0 Å². The summed E-state index contributed by atoms with van der Waals surface area (Å²) < 4.78 is 0. The van der Waals surface area contributed by atoms with E-state index in [1.54, 1.807) is 0 Å². The second-order valence-corrected chi connectivity index (χ2v) is 3.24. The molecule has 0 saturated heterocycles. The summed E-state index contributed by atoms with van der Waals surface area (Å²) in [6.45, 7) is 5.06. The third-order valence-electron chi connectivity index (χ3n) is 2.28. The van der Waals surface area contributed by atoms with Gasteiger partial charge in [-0.3, -0.25) is 0 Å². The molecule has 1 aromatic carbocycles. The predicted octanol–water partition coefficient (Wildman–Crippen LogP) is 2.31. The number of hydrogen-bond donors (Lipinski definition) is 1. The van der Waals surface area contributed by atoms with Crippen molar-refractivity contribution >= 4 is 0 Å². The van der Waals surface area contributed by atoms with Gasteiger partial charge >= 0.3 is 0 Å². The van der Waals surface area contributed by atoms with Crippen LogP contribution in [0.5, 0.6) is 0 Å². The van der Waals surface area contributed by atoms with Gasteiger partial charge in [-0.2, -0.15) is 0 Å². The zero-order chi connectivity index (χ0) is 8.97. The Balaban J connectivity index is 2.86. The highest BCUT2D eigenvalue weighted by molar-refractivity contribution is 5.26. The van der Waals surface area contributed by atoms with Crippen molar-refractivity contribution in [3.63, 3.8) is 0 Å². The van der Waals surface area contributed by atoms with Gasteiger partial charge in [-0.15, -0.1) is 0 Å². The average molecular weight is 163 g/mol. The van der Waals surface area contributed by atoms with Crippen LogP contribution < -0.4 is 5.73 Å². The molecular weight excluding hydrogens is 146 g/mol. The van der Waals surface area contributed by atoms with Gasteiger partial charge in [0.25, 0.3) is 0 Å². The summed E-state index contributed by atoms with van der Waals surface area (Å²) in [6.07, 6.45) is 1.10. The number of hydrogen-bond acceptors (Lipinski definition) is 1. The fourth-order valence-corrected chi connectivity index (χ4v) is 1.26. The molecule has 0 aliphatic heterocycles. The maximum atomic E-state index is 5.60. The van der Waals surface area contributed by atoms with Crippen LogP contribution in [0.1, 0.15) is 30.9 Å². The Labute approximate surface area is 74.6 Å². The Morgan fingerprint density at radius 1 is 1.42 bits per heavy atom. The lowest BCUT2D eigenvalue weighted by Crippen LogP contribution is -2.08. The molecule has 0 radical (unpaired) electrons. The SMILES string of the molecule is CCc1cccc(C(C)CN)c1. The van der Waals surface area contributed by atoms with E-state index in [9.17, 15) is 0 Å². The van der Waals surface area contributed by atoms with Crippen molar-refractivity contribution < 1.29 is 0 Å². The van der Waals surface area contributed by atoms with Gasteiger partial charge < -0.3 is 5.73 Å². The molecule has 0 fully saturated rings. The fourth-order valence-electron chi connectivity index (χ4n) is 1.26. The van der Waals surface area contributed by atoms with Crippen LogP contribution >= 0.6 is 0 Å². The second-order valence-electron chi connectivity index (χ2n) is 3.24. The molecule has 1 unspecified atom stereocenters. The molecule has 0 amide bonds. The van der Waals surface area contributed by atoms with E-state index in [1.807, 2.05) is 0 Å². The van der Waals surface area contributed by atoms with Gasteiger partial charge in [0.15, 0.2) is 0 Å². The first-order valence-corrected chi connectivity index (χ1v) is 4.56. The van der Waals surface area contributed by atoms with E-state index in [0.717, 1.165) is 13.0 Å². The quantitative estimate of drug-likeness (QED) is 0.727. The minimum Gasteiger partial charge on any atom is -0.330 e. The van der Waals surface area contributed by atoms with Crippen molar-refractivity contribution in [1.29, 1.82) is 0 Å². The normalized spacial score (nSPS) is 12.9. The lowest BCUT2D eigenvalue weighted by molar-refractivity contribution is 0.772. The Kier molecular flexibility index (Phi) is 3.30. The highest BCUT2D eigenvalue weighted by atomic mass is 14.5. The molecule has 12 heavy (non-hydrogen) atoms. The molecule has 0 bridgehead atoms. The van der Waals surface area contributed by atoms with E-state index in [4.69, 9.17) is 5.73 Å². The van der Waals surface area contributed by atoms with Crippen molar-refractivity contribution in [2.45, 2.75) is 26.2 Å². The second kappa shape index (κ2) is 4.27. The van der Waals surface area contributed by atoms with E-state index >= 15 is 0 Å². The first kappa shape index (κ1) is 9.27. The molecule has 0 saturated carbocycles. The Hall–Kier alpha value is -0.820. The number of rotatable bonds is 3. The summed E-state index contributed by atoms with van der Waals surface area (Å²) in [5.41, 5.74) is 8.35. The van der Waals surface area contributed by atoms with Crippen molar-refractivity contribution in [3.8, 4) is 0 Å². The lowest BCUT2D eigenvalue weighted by Gasteiger charge is -2.09. The fraction of sp³-hybridized carbons (Fsp3) is 0.455. The van der Waals surface area contributed by atoms with Crippen LogP contribution in [0.3, 0.4) is 0 Å². The van der Waals surface area contributed by atoms with Gasteiger partial charge in [0, 0.05) is 0 Å². The van der Waals surface area contributed by atoms with Gasteiger partial charge in [-0.25, -0.2) is 0 Å². The molecule has 1 rings (SSSR count). The number of aryl methyl sites for hydroxylation is 1. The average Bonchev–Trinajstić information content (AvgIpc) is 2.17. The third-order valence-corrected chi connectivity index (χ3v) is 2.28. The lowest BCUT2D eigenvalue weighted by atomic mass is 9.99. The number of benzene rings is 1. The predicted molar refractivity (Wildman–Crippen MR) is 53.3 cm³/mol. The van der Waals surface area contributed by atoms with E-state index in [2.05, 4.69) is 38.1 Å².